The Labute approximate surface area is 151 Å². The molecule has 1 aliphatic carbocycles. The summed E-state index contributed by atoms with van der Waals surface area (Å²) in [6.45, 7) is 2.21. The summed E-state index contributed by atoms with van der Waals surface area (Å²) in [5, 5.41) is 15.5. The number of amides is 1. The van der Waals surface area contributed by atoms with E-state index in [1.807, 2.05) is 24.3 Å². The van der Waals surface area contributed by atoms with Crippen LogP contribution in [0.15, 0.2) is 29.4 Å². The molecule has 134 valence electrons. The van der Waals surface area contributed by atoms with Crippen molar-refractivity contribution in [1.82, 2.24) is 25.5 Å². The topological polar surface area (TPSA) is 81.9 Å². The number of benzene rings is 1. The number of ether oxygens (including phenoxy) is 1. The Bertz CT molecular complexity index is 721. The largest absolute Gasteiger partial charge is 0.494 e. The van der Waals surface area contributed by atoms with Crippen molar-refractivity contribution in [1.29, 1.82) is 0 Å². The van der Waals surface area contributed by atoms with Gasteiger partial charge in [0.15, 0.2) is 0 Å². The molecule has 2 atom stereocenters. The fourth-order valence-electron chi connectivity index (χ4n) is 3.13. The number of hydrogen-bond acceptors (Lipinski definition) is 6. The Balaban J connectivity index is 1.63. The normalized spacial score (nSPS) is 20.2. The van der Waals surface area contributed by atoms with Gasteiger partial charge in [0, 0.05) is 6.04 Å². The van der Waals surface area contributed by atoms with Crippen molar-refractivity contribution >= 4 is 17.7 Å². The maximum absolute atomic E-state index is 12.3. The number of carbonyl (C=O) groups excluding carboxylic acids is 1. The molecule has 0 spiro atoms. The van der Waals surface area contributed by atoms with E-state index < -0.39 is 0 Å². The third-order valence-corrected chi connectivity index (χ3v) is 5.46. The lowest BCUT2D eigenvalue weighted by Gasteiger charge is -2.29. The van der Waals surface area contributed by atoms with Gasteiger partial charge in [-0.3, -0.25) is 4.79 Å². The number of rotatable bonds is 6. The van der Waals surface area contributed by atoms with E-state index in [1.165, 1.54) is 31.0 Å². The van der Waals surface area contributed by atoms with Crippen LogP contribution in [0.5, 0.6) is 5.75 Å². The van der Waals surface area contributed by atoms with Crippen LogP contribution in [0.25, 0.3) is 5.69 Å². The Morgan fingerprint density at radius 1 is 1.36 bits per heavy atom. The fourth-order valence-corrected chi connectivity index (χ4v) is 3.83. The number of methoxy groups -OCH3 is 1. The van der Waals surface area contributed by atoms with Crippen LogP contribution in [0.2, 0.25) is 0 Å². The number of aromatic nitrogens is 4. The number of nitrogens with one attached hydrogen (secondary N) is 1. The molecule has 2 aromatic rings. The third-order valence-electron chi connectivity index (χ3n) is 4.54. The maximum atomic E-state index is 12.3. The number of tetrazole rings is 1. The van der Waals surface area contributed by atoms with E-state index in [4.69, 9.17) is 4.74 Å². The zero-order chi connectivity index (χ0) is 17.6. The summed E-state index contributed by atoms with van der Waals surface area (Å²) in [5.41, 5.74) is 0.749. The first kappa shape index (κ1) is 17.7. The van der Waals surface area contributed by atoms with Crippen molar-refractivity contribution in [2.45, 2.75) is 43.8 Å². The minimum absolute atomic E-state index is 0.0262. The number of para-hydroxylation sites is 2. The van der Waals surface area contributed by atoms with E-state index in [1.54, 1.807) is 11.8 Å². The van der Waals surface area contributed by atoms with E-state index in [9.17, 15) is 4.79 Å². The quantitative estimate of drug-likeness (QED) is 0.796. The summed E-state index contributed by atoms with van der Waals surface area (Å²) in [7, 11) is 1.61. The summed E-state index contributed by atoms with van der Waals surface area (Å²) in [4.78, 5) is 12.3. The number of carbonyl (C=O) groups is 1. The predicted molar refractivity (Wildman–Crippen MR) is 96.0 cm³/mol. The molecule has 1 amide bonds. The monoisotopic (exact) mass is 361 g/mol. The minimum atomic E-state index is 0.0262. The van der Waals surface area contributed by atoms with E-state index in [0.29, 0.717) is 22.6 Å². The molecule has 8 heteroatoms. The molecule has 2 unspecified atom stereocenters. The molecule has 0 aliphatic heterocycles. The van der Waals surface area contributed by atoms with Gasteiger partial charge in [-0.05, 0) is 41.3 Å². The molecule has 1 aliphatic rings. The van der Waals surface area contributed by atoms with E-state index in [0.717, 1.165) is 12.1 Å². The SMILES string of the molecule is COc1ccccc1-n1nnnc1SCC(=O)NC1CCCCC1C. The molecule has 0 saturated heterocycles. The van der Waals surface area contributed by atoms with Gasteiger partial charge in [-0.1, -0.05) is 43.7 Å². The zero-order valence-corrected chi connectivity index (χ0v) is 15.3. The molecular formula is C17H23N5O2S. The highest BCUT2D eigenvalue weighted by atomic mass is 32.2. The molecule has 0 radical (unpaired) electrons. The van der Waals surface area contributed by atoms with Crippen LogP contribution in [-0.2, 0) is 4.79 Å². The van der Waals surface area contributed by atoms with E-state index in [-0.39, 0.29) is 11.9 Å². The van der Waals surface area contributed by atoms with Crippen LogP contribution in [0, 0.1) is 5.92 Å². The van der Waals surface area contributed by atoms with Crippen molar-refractivity contribution in [2.24, 2.45) is 5.92 Å². The summed E-state index contributed by atoms with van der Waals surface area (Å²) in [6.07, 6.45) is 4.70. The number of thioether (sulfide) groups is 1. The molecule has 1 N–H and O–H groups in total. The first-order valence-electron chi connectivity index (χ1n) is 8.53. The van der Waals surface area contributed by atoms with Crippen LogP contribution < -0.4 is 10.1 Å². The highest BCUT2D eigenvalue weighted by Gasteiger charge is 2.23. The summed E-state index contributed by atoms with van der Waals surface area (Å²) in [5.74, 6) is 1.54. The van der Waals surface area contributed by atoms with Gasteiger partial charge in [0.2, 0.25) is 11.1 Å². The Kier molecular flexibility index (Phi) is 5.91. The van der Waals surface area contributed by atoms with Crippen LogP contribution >= 0.6 is 11.8 Å². The van der Waals surface area contributed by atoms with Crippen LogP contribution in [0.4, 0.5) is 0 Å². The molecule has 25 heavy (non-hydrogen) atoms. The van der Waals surface area contributed by atoms with Gasteiger partial charge in [0.25, 0.3) is 0 Å². The second kappa shape index (κ2) is 8.33. The fraction of sp³-hybridized carbons (Fsp3) is 0.529. The lowest BCUT2D eigenvalue weighted by atomic mass is 9.86. The van der Waals surface area contributed by atoms with Gasteiger partial charge in [-0.2, -0.15) is 4.68 Å². The molecule has 1 fully saturated rings. The number of nitrogens with zero attached hydrogens (tertiary/aromatic N) is 4. The summed E-state index contributed by atoms with van der Waals surface area (Å²) < 4.78 is 6.95. The average molecular weight is 361 g/mol. The van der Waals surface area contributed by atoms with E-state index >= 15 is 0 Å². The van der Waals surface area contributed by atoms with Gasteiger partial charge < -0.3 is 10.1 Å². The highest BCUT2D eigenvalue weighted by molar-refractivity contribution is 7.99. The molecule has 1 aromatic heterocycles. The zero-order valence-electron chi connectivity index (χ0n) is 14.5. The lowest BCUT2D eigenvalue weighted by molar-refractivity contribution is -0.119. The first-order chi connectivity index (χ1) is 12.2. The first-order valence-corrected chi connectivity index (χ1v) is 9.51. The third kappa shape index (κ3) is 4.31. The second-order valence-electron chi connectivity index (χ2n) is 6.27. The van der Waals surface area contributed by atoms with Crippen molar-refractivity contribution in [3.63, 3.8) is 0 Å². The van der Waals surface area contributed by atoms with Crippen LogP contribution in [-0.4, -0.2) is 45.0 Å². The van der Waals surface area contributed by atoms with Crippen LogP contribution in [0.3, 0.4) is 0 Å². The Hall–Kier alpha value is -2.09. The minimum Gasteiger partial charge on any atom is -0.494 e. The van der Waals surface area contributed by atoms with Crippen LogP contribution in [0.1, 0.15) is 32.6 Å². The Morgan fingerprint density at radius 2 is 2.16 bits per heavy atom. The van der Waals surface area contributed by atoms with Crippen molar-refractivity contribution in [3.8, 4) is 11.4 Å². The molecule has 1 saturated carbocycles. The lowest BCUT2D eigenvalue weighted by Crippen LogP contribution is -2.41. The van der Waals surface area contributed by atoms with Gasteiger partial charge in [-0.25, -0.2) is 0 Å². The van der Waals surface area contributed by atoms with Gasteiger partial charge >= 0.3 is 0 Å². The van der Waals surface area contributed by atoms with Gasteiger partial charge in [0.1, 0.15) is 11.4 Å². The molecule has 1 aromatic carbocycles. The Morgan fingerprint density at radius 3 is 2.96 bits per heavy atom. The summed E-state index contributed by atoms with van der Waals surface area (Å²) >= 11 is 1.32. The molecule has 3 rings (SSSR count). The second-order valence-corrected chi connectivity index (χ2v) is 7.21. The van der Waals surface area contributed by atoms with Crippen molar-refractivity contribution in [3.05, 3.63) is 24.3 Å². The van der Waals surface area contributed by atoms with Gasteiger partial charge in [-0.15, -0.1) is 5.10 Å². The van der Waals surface area contributed by atoms with Gasteiger partial charge in [0.05, 0.1) is 12.9 Å². The molecular weight excluding hydrogens is 338 g/mol. The molecule has 0 bridgehead atoms. The average Bonchev–Trinajstić information content (AvgIpc) is 3.10. The highest BCUT2D eigenvalue weighted by Crippen LogP contribution is 2.26. The maximum Gasteiger partial charge on any atom is 0.230 e. The number of hydrogen-bond donors (Lipinski definition) is 1. The van der Waals surface area contributed by atoms with Crippen molar-refractivity contribution < 1.29 is 9.53 Å². The molecule has 1 heterocycles. The van der Waals surface area contributed by atoms with E-state index in [2.05, 4.69) is 27.8 Å². The van der Waals surface area contributed by atoms with Crippen molar-refractivity contribution in [2.75, 3.05) is 12.9 Å². The predicted octanol–water partition coefficient (Wildman–Crippen LogP) is 2.46. The molecule has 7 nitrogen and oxygen atoms in total. The standard InChI is InChI=1S/C17H23N5O2S/c1-12-7-3-4-8-13(12)18-16(23)11-25-17-19-20-21-22(17)14-9-5-6-10-15(14)24-2/h5-6,9-10,12-13H,3-4,7-8,11H2,1-2H3,(H,18,23). The summed E-state index contributed by atoms with van der Waals surface area (Å²) in [6, 6.07) is 7.79. The smallest absolute Gasteiger partial charge is 0.230 e.